The van der Waals surface area contributed by atoms with Gasteiger partial charge in [0.25, 0.3) is 0 Å². The summed E-state index contributed by atoms with van der Waals surface area (Å²) in [5.41, 5.74) is 8.16. The molecule has 0 atom stereocenters. The maximum atomic E-state index is 5.80. The first-order chi connectivity index (χ1) is 15.8. The fourth-order valence-electron chi connectivity index (χ4n) is 4.77. The number of fused-ring (bicyclic) bond motifs is 2. The third-order valence-corrected chi connectivity index (χ3v) is 6.34. The van der Waals surface area contributed by atoms with Crippen molar-refractivity contribution in [1.29, 1.82) is 0 Å². The highest BCUT2D eigenvalue weighted by Gasteiger charge is 2.19. The van der Waals surface area contributed by atoms with Gasteiger partial charge in [-0.2, -0.15) is 0 Å². The van der Waals surface area contributed by atoms with Gasteiger partial charge in [-0.15, -0.1) is 0 Å². The third-order valence-electron chi connectivity index (χ3n) is 6.34. The molecule has 0 saturated heterocycles. The van der Waals surface area contributed by atoms with Crippen LogP contribution in [0.15, 0.2) is 83.6 Å². The summed E-state index contributed by atoms with van der Waals surface area (Å²) >= 11 is 0. The number of pyridine rings is 1. The lowest BCUT2D eigenvalue weighted by molar-refractivity contribution is 0.596. The van der Waals surface area contributed by atoms with Crippen molar-refractivity contribution in [2.45, 2.75) is 46.5 Å². The summed E-state index contributed by atoms with van der Waals surface area (Å²) in [6.07, 6.45) is 4.74. The van der Waals surface area contributed by atoms with E-state index < -0.39 is 0 Å². The molecule has 0 aliphatic carbocycles. The standard InChI is InChI=1S/C31H31NO/c1-20(2)14-24-16-23(19-30-27(24)11-13-33-30)21-10-12-32-29(18-21)25-15-22-8-6-7-9-26(22)28(17-25)31(3,4)5/h6-13,15-20H,14H2,1-5H3. The van der Waals surface area contributed by atoms with E-state index in [1.807, 2.05) is 6.20 Å². The Morgan fingerprint density at radius 2 is 1.64 bits per heavy atom. The lowest BCUT2D eigenvalue weighted by atomic mass is 9.82. The van der Waals surface area contributed by atoms with E-state index in [0.717, 1.165) is 28.8 Å². The van der Waals surface area contributed by atoms with E-state index in [9.17, 15) is 0 Å². The minimum atomic E-state index is 0.0449. The maximum Gasteiger partial charge on any atom is 0.134 e. The summed E-state index contributed by atoms with van der Waals surface area (Å²) in [5.74, 6) is 0.583. The summed E-state index contributed by atoms with van der Waals surface area (Å²) < 4.78 is 5.80. The molecule has 2 heteroatoms. The Labute approximate surface area is 196 Å². The van der Waals surface area contributed by atoms with Gasteiger partial charge in [-0.05, 0) is 87.2 Å². The second kappa shape index (κ2) is 8.19. The van der Waals surface area contributed by atoms with E-state index in [4.69, 9.17) is 9.40 Å². The molecule has 3 aromatic carbocycles. The van der Waals surface area contributed by atoms with Crippen molar-refractivity contribution in [2.24, 2.45) is 5.92 Å². The van der Waals surface area contributed by atoms with E-state index in [2.05, 4.69) is 101 Å². The molecule has 0 bridgehead atoms. The van der Waals surface area contributed by atoms with Gasteiger partial charge >= 0.3 is 0 Å². The van der Waals surface area contributed by atoms with Gasteiger partial charge in [-0.1, -0.05) is 65.0 Å². The van der Waals surface area contributed by atoms with Crippen LogP contribution in [0.1, 0.15) is 45.7 Å². The molecule has 2 aromatic heterocycles. The fourth-order valence-corrected chi connectivity index (χ4v) is 4.77. The molecule has 0 spiro atoms. The highest BCUT2D eigenvalue weighted by molar-refractivity contribution is 5.91. The summed E-state index contributed by atoms with van der Waals surface area (Å²) in [5, 5.41) is 3.78. The average Bonchev–Trinajstić information content (AvgIpc) is 3.26. The molecule has 33 heavy (non-hydrogen) atoms. The summed E-state index contributed by atoms with van der Waals surface area (Å²) in [4.78, 5) is 4.76. The zero-order valence-corrected chi connectivity index (χ0v) is 20.1. The SMILES string of the molecule is CC(C)Cc1cc(-c2ccnc(-c3cc(C(C)(C)C)c4ccccc4c3)c2)cc2occc12. The van der Waals surface area contributed by atoms with Gasteiger partial charge in [-0.3, -0.25) is 4.98 Å². The minimum Gasteiger partial charge on any atom is -0.464 e. The van der Waals surface area contributed by atoms with Crippen LogP contribution in [-0.4, -0.2) is 4.98 Å². The maximum absolute atomic E-state index is 5.80. The molecule has 5 rings (SSSR count). The second-order valence-electron chi connectivity index (χ2n) is 10.5. The van der Waals surface area contributed by atoms with Crippen LogP contribution in [0.5, 0.6) is 0 Å². The van der Waals surface area contributed by atoms with Gasteiger partial charge in [0.1, 0.15) is 5.58 Å². The van der Waals surface area contributed by atoms with Crippen molar-refractivity contribution in [1.82, 2.24) is 4.98 Å². The van der Waals surface area contributed by atoms with Crippen molar-refractivity contribution >= 4 is 21.7 Å². The molecule has 0 saturated carbocycles. The van der Waals surface area contributed by atoms with E-state index in [0.29, 0.717) is 5.92 Å². The first-order valence-electron chi connectivity index (χ1n) is 11.8. The van der Waals surface area contributed by atoms with Gasteiger partial charge in [0.15, 0.2) is 0 Å². The van der Waals surface area contributed by atoms with Crippen LogP contribution in [0, 0.1) is 5.92 Å². The van der Waals surface area contributed by atoms with Crippen molar-refractivity contribution in [3.63, 3.8) is 0 Å². The smallest absolute Gasteiger partial charge is 0.134 e. The van der Waals surface area contributed by atoms with Crippen LogP contribution in [0.3, 0.4) is 0 Å². The van der Waals surface area contributed by atoms with Gasteiger partial charge in [-0.25, -0.2) is 0 Å². The Bertz CT molecular complexity index is 1450. The number of rotatable bonds is 4. The monoisotopic (exact) mass is 433 g/mol. The topological polar surface area (TPSA) is 26.0 Å². The van der Waals surface area contributed by atoms with Crippen molar-refractivity contribution in [2.75, 3.05) is 0 Å². The number of nitrogens with zero attached hydrogens (tertiary/aromatic N) is 1. The van der Waals surface area contributed by atoms with E-state index in [1.54, 1.807) is 6.26 Å². The molecular formula is C31H31NO. The molecular weight excluding hydrogens is 402 g/mol. The zero-order chi connectivity index (χ0) is 23.2. The van der Waals surface area contributed by atoms with Gasteiger partial charge in [0, 0.05) is 17.1 Å². The quantitative estimate of drug-likeness (QED) is 0.283. The number of hydrogen-bond acceptors (Lipinski definition) is 2. The normalized spacial score (nSPS) is 12.2. The van der Waals surface area contributed by atoms with E-state index in [1.165, 1.54) is 32.8 Å². The lowest BCUT2D eigenvalue weighted by Gasteiger charge is -2.22. The van der Waals surface area contributed by atoms with Crippen LogP contribution in [0.25, 0.3) is 44.1 Å². The second-order valence-corrected chi connectivity index (χ2v) is 10.5. The fraction of sp³-hybridized carbons (Fsp3) is 0.258. The Kier molecular flexibility index (Phi) is 5.32. The summed E-state index contributed by atoms with van der Waals surface area (Å²) in [6, 6.07) is 24.1. The number of furan rings is 1. The molecule has 5 aromatic rings. The van der Waals surface area contributed by atoms with E-state index >= 15 is 0 Å². The van der Waals surface area contributed by atoms with Gasteiger partial charge < -0.3 is 4.42 Å². The third kappa shape index (κ3) is 4.18. The van der Waals surface area contributed by atoms with Crippen LogP contribution < -0.4 is 0 Å². The van der Waals surface area contributed by atoms with Crippen molar-refractivity contribution < 1.29 is 4.42 Å². The molecule has 0 radical (unpaired) electrons. The van der Waals surface area contributed by atoms with Gasteiger partial charge in [0.05, 0.1) is 12.0 Å². The van der Waals surface area contributed by atoms with Crippen LogP contribution in [-0.2, 0) is 11.8 Å². The molecule has 0 fully saturated rings. The van der Waals surface area contributed by atoms with Crippen LogP contribution in [0.4, 0.5) is 0 Å². The number of aromatic nitrogens is 1. The Balaban J connectivity index is 1.65. The molecule has 0 aliphatic heterocycles. The highest BCUT2D eigenvalue weighted by Crippen LogP contribution is 2.36. The predicted octanol–water partition coefficient (Wildman–Crippen LogP) is 8.81. The van der Waals surface area contributed by atoms with Crippen LogP contribution in [0.2, 0.25) is 0 Å². The molecule has 166 valence electrons. The number of hydrogen-bond donors (Lipinski definition) is 0. The van der Waals surface area contributed by atoms with Crippen LogP contribution >= 0.6 is 0 Å². The molecule has 2 heterocycles. The van der Waals surface area contributed by atoms with Crippen molar-refractivity contribution in [3.8, 4) is 22.4 Å². The predicted molar refractivity (Wildman–Crippen MR) is 140 cm³/mol. The van der Waals surface area contributed by atoms with E-state index in [-0.39, 0.29) is 5.41 Å². The molecule has 0 N–H and O–H groups in total. The summed E-state index contributed by atoms with van der Waals surface area (Å²) in [6.45, 7) is 11.3. The Morgan fingerprint density at radius 1 is 0.818 bits per heavy atom. The average molecular weight is 434 g/mol. The molecule has 0 amide bonds. The van der Waals surface area contributed by atoms with Crippen molar-refractivity contribution in [3.05, 3.63) is 90.3 Å². The number of benzene rings is 3. The largest absolute Gasteiger partial charge is 0.464 e. The summed E-state index contributed by atoms with van der Waals surface area (Å²) in [7, 11) is 0. The Morgan fingerprint density at radius 3 is 2.42 bits per heavy atom. The highest BCUT2D eigenvalue weighted by atomic mass is 16.3. The molecule has 0 unspecified atom stereocenters. The Hall–Kier alpha value is -3.39. The first-order valence-corrected chi connectivity index (χ1v) is 11.8. The molecule has 2 nitrogen and oxygen atoms in total. The lowest BCUT2D eigenvalue weighted by Crippen LogP contribution is -2.12. The minimum absolute atomic E-state index is 0.0449. The van der Waals surface area contributed by atoms with Gasteiger partial charge in [0.2, 0.25) is 0 Å². The molecule has 0 aliphatic rings. The first kappa shape index (κ1) is 21.5. The zero-order valence-electron chi connectivity index (χ0n) is 20.1.